The van der Waals surface area contributed by atoms with E-state index < -0.39 is 0 Å². The minimum atomic E-state index is 0.535. The number of hydrogen-bond donors (Lipinski definition) is 1. The van der Waals surface area contributed by atoms with Crippen LogP contribution in [0.4, 0.5) is 0 Å². The average Bonchev–Trinajstić information content (AvgIpc) is 3.02. The normalized spacial score (nSPS) is 22.1. The topological polar surface area (TPSA) is 45.5 Å². The molecule has 0 spiro atoms. The lowest BCUT2D eigenvalue weighted by Gasteiger charge is -2.37. The summed E-state index contributed by atoms with van der Waals surface area (Å²) in [6, 6.07) is 11.4. The quantitative estimate of drug-likeness (QED) is 0.805. The SMILES string of the molecule is C[C@@H]1CN(Cc2cnc3c(-c4ccccc4)cnn3c2)[C@@H](C)CN1. The second-order valence-corrected chi connectivity index (χ2v) is 6.74. The van der Waals surface area contributed by atoms with Gasteiger partial charge in [-0.3, -0.25) is 4.90 Å². The van der Waals surface area contributed by atoms with Gasteiger partial charge in [0.2, 0.25) is 0 Å². The summed E-state index contributed by atoms with van der Waals surface area (Å²) in [7, 11) is 0. The first-order valence-electron chi connectivity index (χ1n) is 8.56. The summed E-state index contributed by atoms with van der Waals surface area (Å²) in [5, 5.41) is 8.03. The maximum absolute atomic E-state index is 4.69. The molecule has 1 aromatic carbocycles. The van der Waals surface area contributed by atoms with Gasteiger partial charge in [0.15, 0.2) is 5.65 Å². The number of nitrogens with one attached hydrogen (secondary N) is 1. The van der Waals surface area contributed by atoms with E-state index in [2.05, 4.69) is 52.5 Å². The molecule has 1 aliphatic rings. The van der Waals surface area contributed by atoms with Gasteiger partial charge < -0.3 is 5.32 Å². The first-order valence-corrected chi connectivity index (χ1v) is 8.56. The number of benzene rings is 1. The Labute approximate surface area is 142 Å². The monoisotopic (exact) mass is 321 g/mol. The van der Waals surface area contributed by atoms with E-state index in [1.807, 2.05) is 35.1 Å². The van der Waals surface area contributed by atoms with Crippen LogP contribution in [0.15, 0.2) is 48.9 Å². The van der Waals surface area contributed by atoms with Crippen molar-refractivity contribution in [1.82, 2.24) is 24.8 Å². The average molecular weight is 321 g/mol. The highest BCUT2D eigenvalue weighted by molar-refractivity contribution is 5.76. The Morgan fingerprint density at radius 2 is 2.00 bits per heavy atom. The predicted molar refractivity (Wildman–Crippen MR) is 95.8 cm³/mol. The minimum Gasteiger partial charge on any atom is -0.311 e. The second-order valence-electron chi connectivity index (χ2n) is 6.74. The van der Waals surface area contributed by atoms with Gasteiger partial charge in [-0.15, -0.1) is 0 Å². The lowest BCUT2D eigenvalue weighted by Crippen LogP contribution is -2.53. The van der Waals surface area contributed by atoms with Crippen LogP contribution in [0.25, 0.3) is 16.8 Å². The van der Waals surface area contributed by atoms with Crippen LogP contribution in [0, 0.1) is 0 Å². The zero-order valence-electron chi connectivity index (χ0n) is 14.2. The lowest BCUT2D eigenvalue weighted by atomic mass is 10.1. The van der Waals surface area contributed by atoms with Crippen LogP contribution in [0.5, 0.6) is 0 Å². The zero-order valence-corrected chi connectivity index (χ0v) is 14.2. The Hall–Kier alpha value is -2.24. The van der Waals surface area contributed by atoms with E-state index in [1.165, 1.54) is 5.56 Å². The van der Waals surface area contributed by atoms with Crippen LogP contribution >= 0.6 is 0 Å². The van der Waals surface area contributed by atoms with Crippen molar-refractivity contribution in [2.75, 3.05) is 13.1 Å². The molecule has 1 N–H and O–H groups in total. The Kier molecular flexibility index (Phi) is 4.04. The largest absolute Gasteiger partial charge is 0.311 e. The van der Waals surface area contributed by atoms with Crippen molar-refractivity contribution in [1.29, 1.82) is 0 Å². The molecular formula is C19H23N5. The molecule has 4 rings (SSSR count). The Bertz CT molecular complexity index is 826. The molecule has 124 valence electrons. The summed E-state index contributed by atoms with van der Waals surface area (Å²) in [6.45, 7) is 7.52. The Morgan fingerprint density at radius 1 is 1.17 bits per heavy atom. The third kappa shape index (κ3) is 2.92. The summed E-state index contributed by atoms with van der Waals surface area (Å²) >= 11 is 0. The van der Waals surface area contributed by atoms with Gasteiger partial charge in [-0.25, -0.2) is 9.50 Å². The Balaban J connectivity index is 1.60. The van der Waals surface area contributed by atoms with Crippen molar-refractivity contribution in [2.45, 2.75) is 32.5 Å². The van der Waals surface area contributed by atoms with E-state index in [9.17, 15) is 0 Å². The number of hydrogen-bond acceptors (Lipinski definition) is 4. The van der Waals surface area contributed by atoms with Gasteiger partial charge in [0.25, 0.3) is 0 Å². The fourth-order valence-corrected chi connectivity index (χ4v) is 3.37. The van der Waals surface area contributed by atoms with Crippen molar-refractivity contribution in [3.63, 3.8) is 0 Å². The molecule has 2 aromatic heterocycles. The maximum atomic E-state index is 4.69. The minimum absolute atomic E-state index is 0.535. The Morgan fingerprint density at radius 3 is 2.83 bits per heavy atom. The summed E-state index contributed by atoms with van der Waals surface area (Å²) in [4.78, 5) is 7.19. The first kappa shape index (κ1) is 15.3. The highest BCUT2D eigenvalue weighted by atomic mass is 15.3. The molecule has 0 radical (unpaired) electrons. The molecule has 2 atom stereocenters. The number of rotatable bonds is 3. The molecule has 3 aromatic rings. The van der Waals surface area contributed by atoms with Crippen molar-refractivity contribution in [2.24, 2.45) is 0 Å². The molecule has 1 fully saturated rings. The first-order chi connectivity index (χ1) is 11.7. The van der Waals surface area contributed by atoms with Crippen LogP contribution in [-0.4, -0.2) is 44.7 Å². The van der Waals surface area contributed by atoms with Crippen molar-refractivity contribution < 1.29 is 0 Å². The van der Waals surface area contributed by atoms with Gasteiger partial charge in [0, 0.05) is 55.2 Å². The van der Waals surface area contributed by atoms with Crippen molar-refractivity contribution >= 4 is 5.65 Å². The molecular weight excluding hydrogens is 298 g/mol. The number of fused-ring (bicyclic) bond motifs is 1. The van der Waals surface area contributed by atoms with E-state index in [1.54, 1.807) is 0 Å². The lowest BCUT2D eigenvalue weighted by molar-refractivity contribution is 0.138. The molecule has 3 heterocycles. The molecule has 0 amide bonds. The van der Waals surface area contributed by atoms with Gasteiger partial charge >= 0.3 is 0 Å². The second kappa shape index (κ2) is 6.34. The number of nitrogens with zero attached hydrogens (tertiary/aromatic N) is 4. The molecule has 24 heavy (non-hydrogen) atoms. The fourth-order valence-electron chi connectivity index (χ4n) is 3.37. The summed E-state index contributed by atoms with van der Waals surface area (Å²) < 4.78 is 1.90. The zero-order chi connectivity index (χ0) is 16.5. The number of piperazine rings is 1. The van der Waals surface area contributed by atoms with Gasteiger partial charge in [0.1, 0.15) is 0 Å². The predicted octanol–water partition coefficient (Wildman–Crippen LogP) is 2.58. The maximum Gasteiger partial charge on any atom is 0.162 e. The number of aromatic nitrogens is 3. The highest BCUT2D eigenvalue weighted by Crippen LogP contribution is 2.23. The molecule has 0 saturated carbocycles. The molecule has 5 heteroatoms. The summed E-state index contributed by atoms with van der Waals surface area (Å²) in [5.41, 5.74) is 4.33. The fraction of sp³-hybridized carbons (Fsp3) is 0.368. The standard InChI is InChI=1S/C19H23N5/c1-14-11-23(15(2)8-20-14)12-16-9-21-19-18(10-22-24(19)13-16)17-6-4-3-5-7-17/h3-7,9-10,13-15,20H,8,11-12H2,1-2H3/t14-,15+/m1/s1. The third-order valence-corrected chi connectivity index (χ3v) is 4.77. The van der Waals surface area contributed by atoms with Crippen molar-refractivity contribution in [3.05, 3.63) is 54.5 Å². The molecule has 0 aliphatic carbocycles. The van der Waals surface area contributed by atoms with E-state index >= 15 is 0 Å². The smallest absolute Gasteiger partial charge is 0.162 e. The van der Waals surface area contributed by atoms with E-state index in [4.69, 9.17) is 0 Å². The van der Waals surface area contributed by atoms with Gasteiger partial charge in [-0.05, 0) is 19.4 Å². The van der Waals surface area contributed by atoms with Crippen LogP contribution in [0.3, 0.4) is 0 Å². The molecule has 0 bridgehead atoms. The van der Waals surface area contributed by atoms with Crippen molar-refractivity contribution in [3.8, 4) is 11.1 Å². The van der Waals surface area contributed by atoms with E-state index in [-0.39, 0.29) is 0 Å². The van der Waals surface area contributed by atoms with Crippen LogP contribution in [0.1, 0.15) is 19.4 Å². The van der Waals surface area contributed by atoms with E-state index in [0.717, 1.165) is 36.4 Å². The van der Waals surface area contributed by atoms with Crippen LogP contribution < -0.4 is 5.32 Å². The van der Waals surface area contributed by atoms with Crippen LogP contribution in [-0.2, 0) is 6.54 Å². The highest BCUT2D eigenvalue weighted by Gasteiger charge is 2.22. The third-order valence-electron chi connectivity index (χ3n) is 4.77. The molecule has 1 saturated heterocycles. The summed E-state index contributed by atoms with van der Waals surface area (Å²) in [6.07, 6.45) is 5.99. The van der Waals surface area contributed by atoms with Gasteiger partial charge in [-0.1, -0.05) is 30.3 Å². The van der Waals surface area contributed by atoms with Gasteiger partial charge in [0.05, 0.1) is 6.20 Å². The van der Waals surface area contributed by atoms with E-state index in [0.29, 0.717) is 12.1 Å². The van der Waals surface area contributed by atoms with Gasteiger partial charge in [-0.2, -0.15) is 5.10 Å². The molecule has 5 nitrogen and oxygen atoms in total. The summed E-state index contributed by atoms with van der Waals surface area (Å²) in [5.74, 6) is 0. The van der Waals surface area contributed by atoms with Crippen LogP contribution in [0.2, 0.25) is 0 Å². The molecule has 1 aliphatic heterocycles. The molecule has 0 unspecified atom stereocenters.